The Labute approximate surface area is 216 Å². The Morgan fingerprint density at radius 2 is 1.92 bits per heavy atom. The van der Waals surface area contributed by atoms with Crippen LogP contribution < -0.4 is 0 Å². The predicted octanol–water partition coefficient (Wildman–Crippen LogP) is 6.28. The number of H-pyrrole nitrogens is 1. The van der Waals surface area contributed by atoms with Crippen LogP contribution in [0.25, 0.3) is 33.5 Å². The number of thioether (sulfide) groups is 1. The van der Waals surface area contributed by atoms with E-state index in [-0.39, 0.29) is 0 Å². The minimum absolute atomic E-state index is 0.343. The molecule has 8 nitrogen and oxygen atoms in total. The number of carboxylic acids is 1. The van der Waals surface area contributed by atoms with Gasteiger partial charge in [0.05, 0.1) is 12.1 Å². The summed E-state index contributed by atoms with van der Waals surface area (Å²) in [5, 5.41) is 25.6. The molecule has 3 aromatic heterocycles. The molecule has 2 N–H and O–H groups in total. The molecular weight excluding hydrogens is 492 g/mol. The standard InChI is InChI=1S/C26H26N6O2S2/c1-4-7-15(2)35-26-27-21-16(3)36-23(25(33)34)22(21)32(26)14-17-10-12-18(13-11-17)19-8-5-6-9-20(19)24-28-30-31-29-24/h5-6,8-13,15H,4,7,14H2,1-3H3,(H,33,34)(H,28,29,30,31). The second-order valence-corrected chi connectivity index (χ2v) is 11.3. The van der Waals surface area contributed by atoms with Crippen molar-refractivity contribution < 1.29 is 9.90 Å². The van der Waals surface area contributed by atoms with Gasteiger partial charge >= 0.3 is 5.97 Å². The molecular formula is C26H26N6O2S2. The van der Waals surface area contributed by atoms with Crippen molar-refractivity contribution >= 4 is 40.1 Å². The molecule has 0 fully saturated rings. The molecule has 1 unspecified atom stereocenters. The highest BCUT2D eigenvalue weighted by atomic mass is 32.2. The number of nitrogens with one attached hydrogen (secondary N) is 1. The van der Waals surface area contributed by atoms with Gasteiger partial charge in [0.1, 0.15) is 10.4 Å². The zero-order chi connectivity index (χ0) is 25.2. The van der Waals surface area contributed by atoms with E-state index in [9.17, 15) is 9.90 Å². The SMILES string of the molecule is CCCC(C)Sc1nc2c(C)sc(C(=O)O)c2n1Cc1ccc(-c2ccccc2-c2nn[nH]n2)cc1. The first-order valence-corrected chi connectivity index (χ1v) is 13.5. The largest absolute Gasteiger partial charge is 0.477 e. The van der Waals surface area contributed by atoms with Crippen molar-refractivity contribution in [3.63, 3.8) is 0 Å². The third-order valence-corrected chi connectivity index (χ3v) is 8.28. The van der Waals surface area contributed by atoms with Crippen LogP contribution >= 0.6 is 23.1 Å². The fourth-order valence-electron chi connectivity index (χ4n) is 4.36. The van der Waals surface area contributed by atoms with E-state index in [1.807, 2.05) is 31.2 Å². The van der Waals surface area contributed by atoms with Crippen LogP contribution in [0.1, 0.15) is 46.8 Å². The van der Waals surface area contributed by atoms with Gasteiger partial charge in [-0.15, -0.1) is 21.5 Å². The lowest BCUT2D eigenvalue weighted by atomic mass is 9.98. The summed E-state index contributed by atoms with van der Waals surface area (Å²) < 4.78 is 2.07. The highest BCUT2D eigenvalue weighted by Gasteiger charge is 2.24. The average Bonchev–Trinajstić information content (AvgIpc) is 3.59. The summed E-state index contributed by atoms with van der Waals surface area (Å²) in [5.74, 6) is -0.363. The Hall–Kier alpha value is -3.50. The topological polar surface area (TPSA) is 110 Å². The van der Waals surface area contributed by atoms with Gasteiger partial charge in [0.25, 0.3) is 0 Å². The first-order chi connectivity index (χ1) is 17.5. The van der Waals surface area contributed by atoms with Crippen molar-refractivity contribution in [3.05, 3.63) is 63.8 Å². The number of aromatic amines is 1. The number of hydrogen-bond acceptors (Lipinski definition) is 7. The van der Waals surface area contributed by atoms with Gasteiger partial charge in [0.15, 0.2) is 5.16 Å². The number of rotatable bonds is 9. The number of aromatic nitrogens is 6. The van der Waals surface area contributed by atoms with Crippen molar-refractivity contribution in [2.45, 2.75) is 50.6 Å². The molecule has 0 aliphatic heterocycles. The van der Waals surface area contributed by atoms with Crippen molar-refractivity contribution in [2.75, 3.05) is 0 Å². The number of nitrogens with zero attached hydrogens (tertiary/aromatic N) is 5. The lowest BCUT2D eigenvalue weighted by molar-refractivity contribution is 0.0703. The molecule has 5 aromatic rings. The first kappa shape index (κ1) is 24.2. The quantitative estimate of drug-likeness (QED) is 0.221. The lowest BCUT2D eigenvalue weighted by Crippen LogP contribution is -2.06. The Bertz CT molecular complexity index is 1510. The Balaban J connectivity index is 1.52. The van der Waals surface area contributed by atoms with Gasteiger partial charge in [-0.05, 0) is 35.2 Å². The van der Waals surface area contributed by atoms with Crippen LogP contribution in [0.5, 0.6) is 0 Å². The smallest absolute Gasteiger partial charge is 0.348 e. The summed E-state index contributed by atoms with van der Waals surface area (Å²) in [6, 6.07) is 16.3. The highest BCUT2D eigenvalue weighted by molar-refractivity contribution is 7.99. The van der Waals surface area contributed by atoms with Crippen molar-refractivity contribution in [3.8, 4) is 22.5 Å². The van der Waals surface area contributed by atoms with Gasteiger partial charge in [-0.25, -0.2) is 9.78 Å². The first-order valence-electron chi connectivity index (χ1n) is 11.8. The third kappa shape index (κ3) is 4.66. The molecule has 0 saturated heterocycles. The minimum atomic E-state index is -0.911. The third-order valence-electron chi connectivity index (χ3n) is 6.05. The van der Waals surface area contributed by atoms with E-state index in [4.69, 9.17) is 4.98 Å². The number of carbonyl (C=O) groups is 1. The minimum Gasteiger partial charge on any atom is -0.477 e. The molecule has 0 aliphatic carbocycles. The van der Waals surface area contributed by atoms with Crippen molar-refractivity contribution in [1.82, 2.24) is 30.2 Å². The fraction of sp³-hybridized carbons (Fsp3) is 0.269. The maximum atomic E-state index is 12.0. The average molecular weight is 519 g/mol. The normalized spacial score (nSPS) is 12.3. The molecule has 0 bridgehead atoms. The lowest BCUT2D eigenvalue weighted by Gasteiger charge is -2.14. The molecule has 10 heteroatoms. The maximum Gasteiger partial charge on any atom is 0.348 e. The molecule has 0 amide bonds. The summed E-state index contributed by atoms with van der Waals surface area (Å²) in [7, 11) is 0. The molecule has 184 valence electrons. The fourth-order valence-corrected chi connectivity index (χ4v) is 6.44. The number of carboxylic acid groups (broad SMARTS) is 1. The second-order valence-electron chi connectivity index (χ2n) is 8.67. The number of imidazole rings is 1. The van der Waals surface area contributed by atoms with Gasteiger partial charge in [-0.1, -0.05) is 80.6 Å². The van der Waals surface area contributed by atoms with Gasteiger partial charge < -0.3 is 9.67 Å². The molecule has 0 spiro atoms. The van der Waals surface area contributed by atoms with E-state index < -0.39 is 5.97 Å². The summed E-state index contributed by atoms with van der Waals surface area (Å²) in [4.78, 5) is 18.2. The van der Waals surface area contributed by atoms with E-state index in [0.717, 1.165) is 50.6 Å². The number of hydrogen-bond donors (Lipinski definition) is 2. The molecule has 0 radical (unpaired) electrons. The monoisotopic (exact) mass is 518 g/mol. The van der Waals surface area contributed by atoms with Crippen LogP contribution in [-0.4, -0.2) is 46.5 Å². The zero-order valence-electron chi connectivity index (χ0n) is 20.2. The molecule has 0 aliphatic rings. The van der Waals surface area contributed by atoms with Crippen LogP contribution in [0, 0.1) is 6.92 Å². The molecule has 36 heavy (non-hydrogen) atoms. The molecule has 1 atom stereocenters. The number of aromatic carboxylic acids is 1. The van der Waals surface area contributed by atoms with Crippen LogP contribution in [0.4, 0.5) is 0 Å². The Morgan fingerprint density at radius 3 is 2.58 bits per heavy atom. The number of tetrazole rings is 1. The van der Waals surface area contributed by atoms with Gasteiger partial charge in [-0.3, -0.25) is 0 Å². The molecule has 5 rings (SSSR count). The molecule has 3 heterocycles. The Morgan fingerprint density at radius 1 is 1.17 bits per heavy atom. The molecule has 0 saturated carbocycles. The van der Waals surface area contributed by atoms with Crippen LogP contribution in [0.3, 0.4) is 0 Å². The van der Waals surface area contributed by atoms with Gasteiger partial charge in [0, 0.05) is 15.7 Å². The van der Waals surface area contributed by atoms with E-state index >= 15 is 0 Å². The molecule has 2 aromatic carbocycles. The summed E-state index contributed by atoms with van der Waals surface area (Å²) in [6.45, 7) is 6.85. The number of thiophene rings is 1. The predicted molar refractivity (Wildman–Crippen MR) is 144 cm³/mol. The van der Waals surface area contributed by atoms with E-state index in [1.165, 1.54) is 11.3 Å². The Kier molecular flexibility index (Phi) is 6.88. The van der Waals surface area contributed by atoms with Crippen molar-refractivity contribution in [1.29, 1.82) is 0 Å². The van der Waals surface area contributed by atoms with E-state index in [2.05, 4.69) is 63.3 Å². The van der Waals surface area contributed by atoms with Gasteiger partial charge in [-0.2, -0.15) is 5.21 Å². The van der Waals surface area contributed by atoms with E-state index in [0.29, 0.717) is 28.0 Å². The van der Waals surface area contributed by atoms with Crippen LogP contribution in [0.2, 0.25) is 0 Å². The number of aryl methyl sites for hydroxylation is 1. The maximum absolute atomic E-state index is 12.0. The second kappa shape index (κ2) is 10.2. The van der Waals surface area contributed by atoms with E-state index in [1.54, 1.807) is 11.8 Å². The van der Waals surface area contributed by atoms with Crippen LogP contribution in [-0.2, 0) is 6.54 Å². The van der Waals surface area contributed by atoms with Crippen molar-refractivity contribution in [2.24, 2.45) is 0 Å². The van der Waals surface area contributed by atoms with Crippen LogP contribution in [0.15, 0.2) is 53.7 Å². The highest BCUT2D eigenvalue weighted by Crippen LogP contribution is 2.37. The number of benzene rings is 2. The van der Waals surface area contributed by atoms with Gasteiger partial charge in [0.2, 0.25) is 5.82 Å². The summed E-state index contributed by atoms with van der Waals surface area (Å²) >= 11 is 3.01. The summed E-state index contributed by atoms with van der Waals surface area (Å²) in [5.41, 5.74) is 5.52. The number of fused-ring (bicyclic) bond motifs is 1. The summed E-state index contributed by atoms with van der Waals surface area (Å²) in [6.07, 6.45) is 2.17. The zero-order valence-corrected chi connectivity index (χ0v) is 21.9.